The summed E-state index contributed by atoms with van der Waals surface area (Å²) < 4.78 is 5.29. The second-order valence-corrected chi connectivity index (χ2v) is 7.68. The van der Waals surface area contributed by atoms with Crippen LogP contribution in [0.3, 0.4) is 0 Å². The lowest BCUT2D eigenvalue weighted by Gasteiger charge is -2.32. The van der Waals surface area contributed by atoms with Crippen LogP contribution in [0.2, 0.25) is 0 Å². The van der Waals surface area contributed by atoms with Crippen molar-refractivity contribution in [1.82, 2.24) is 10.2 Å². The number of hydrogen-bond acceptors (Lipinski definition) is 3. The number of benzene rings is 2. The van der Waals surface area contributed by atoms with Gasteiger partial charge >= 0.3 is 6.03 Å². The predicted octanol–water partition coefficient (Wildman–Crippen LogP) is 4.25. The number of carbonyl (C=O) groups excluding carboxylic acids is 2. The fourth-order valence-electron chi connectivity index (χ4n) is 3.91. The normalized spacial score (nSPS) is 15.3. The van der Waals surface area contributed by atoms with Crippen molar-refractivity contribution >= 4 is 17.6 Å². The van der Waals surface area contributed by atoms with Crippen molar-refractivity contribution in [1.29, 1.82) is 0 Å². The number of ether oxygens (including phenoxy) is 1. The molecule has 1 aliphatic heterocycles. The van der Waals surface area contributed by atoms with Gasteiger partial charge in [-0.1, -0.05) is 49.4 Å². The van der Waals surface area contributed by atoms with Crippen LogP contribution in [-0.2, 0) is 4.79 Å². The van der Waals surface area contributed by atoms with E-state index in [9.17, 15) is 9.59 Å². The van der Waals surface area contributed by atoms with Crippen molar-refractivity contribution < 1.29 is 14.3 Å². The highest BCUT2D eigenvalue weighted by Crippen LogP contribution is 2.25. The fraction of sp³-hybridized carbons (Fsp3) is 0.417. The quantitative estimate of drug-likeness (QED) is 0.718. The van der Waals surface area contributed by atoms with Crippen LogP contribution in [0, 0.1) is 5.92 Å². The number of amides is 3. The molecule has 1 atom stereocenters. The van der Waals surface area contributed by atoms with E-state index in [1.807, 2.05) is 66.4 Å². The fourth-order valence-corrected chi connectivity index (χ4v) is 3.91. The van der Waals surface area contributed by atoms with E-state index in [4.69, 9.17) is 4.74 Å². The highest BCUT2D eigenvalue weighted by molar-refractivity contribution is 5.91. The van der Waals surface area contributed by atoms with Gasteiger partial charge in [0, 0.05) is 19.6 Å². The zero-order valence-electron chi connectivity index (χ0n) is 17.8. The minimum atomic E-state index is -0.114. The van der Waals surface area contributed by atoms with Crippen LogP contribution in [0.1, 0.15) is 37.7 Å². The molecule has 160 valence electrons. The Morgan fingerprint density at radius 2 is 1.73 bits per heavy atom. The van der Waals surface area contributed by atoms with Crippen LogP contribution in [0.4, 0.5) is 10.5 Å². The molecule has 0 aliphatic carbocycles. The first-order valence-electron chi connectivity index (χ1n) is 10.6. The van der Waals surface area contributed by atoms with Crippen LogP contribution in [0.5, 0.6) is 5.75 Å². The lowest BCUT2D eigenvalue weighted by molar-refractivity contribution is -0.122. The Bertz CT molecular complexity index is 833. The molecule has 1 unspecified atom stereocenters. The molecule has 1 fully saturated rings. The van der Waals surface area contributed by atoms with Crippen LogP contribution in [0.15, 0.2) is 54.6 Å². The third kappa shape index (κ3) is 5.53. The molecular formula is C24H31N3O3. The van der Waals surface area contributed by atoms with E-state index in [2.05, 4.69) is 10.6 Å². The van der Waals surface area contributed by atoms with E-state index in [1.165, 1.54) is 0 Å². The second-order valence-electron chi connectivity index (χ2n) is 7.68. The lowest BCUT2D eigenvalue weighted by Crippen LogP contribution is -2.43. The Balaban J connectivity index is 1.45. The number of piperidine rings is 1. The minimum absolute atomic E-state index is 0.0834. The van der Waals surface area contributed by atoms with Gasteiger partial charge in [-0.05, 0) is 42.9 Å². The Morgan fingerprint density at radius 1 is 1.07 bits per heavy atom. The Hall–Kier alpha value is -3.02. The van der Waals surface area contributed by atoms with Crippen molar-refractivity contribution in [3.8, 4) is 5.75 Å². The number of carbonyl (C=O) groups is 2. The third-order valence-electron chi connectivity index (χ3n) is 5.74. The molecule has 6 nitrogen and oxygen atoms in total. The van der Waals surface area contributed by atoms with E-state index < -0.39 is 0 Å². The van der Waals surface area contributed by atoms with Crippen LogP contribution < -0.4 is 15.4 Å². The molecule has 0 bridgehead atoms. The van der Waals surface area contributed by atoms with E-state index >= 15 is 0 Å². The van der Waals surface area contributed by atoms with Gasteiger partial charge in [0.1, 0.15) is 5.75 Å². The van der Waals surface area contributed by atoms with Gasteiger partial charge in [0.05, 0.1) is 18.7 Å². The van der Waals surface area contributed by atoms with Crippen LogP contribution >= 0.6 is 0 Å². The molecule has 0 spiro atoms. The number of para-hydroxylation sites is 2. The number of methoxy groups -OCH3 is 1. The zero-order chi connectivity index (χ0) is 21.3. The standard InChI is InChI=1S/C24H31N3O3/c1-3-20(19-9-5-4-6-10-19)23(28)25-17-18-13-15-27(16-14-18)24(29)26-21-11-7-8-12-22(21)30-2/h4-12,18,20H,3,13-17H2,1-2H3,(H,25,28)(H,26,29). The van der Waals surface area contributed by atoms with Crippen molar-refractivity contribution in [3.05, 3.63) is 60.2 Å². The monoisotopic (exact) mass is 409 g/mol. The maximum atomic E-state index is 12.7. The summed E-state index contributed by atoms with van der Waals surface area (Å²) in [6, 6.07) is 17.2. The smallest absolute Gasteiger partial charge is 0.321 e. The van der Waals surface area contributed by atoms with Crippen molar-refractivity contribution in [3.63, 3.8) is 0 Å². The molecule has 0 saturated carbocycles. The van der Waals surface area contributed by atoms with Crippen molar-refractivity contribution in [2.75, 3.05) is 32.1 Å². The molecule has 30 heavy (non-hydrogen) atoms. The number of hydrogen-bond donors (Lipinski definition) is 2. The summed E-state index contributed by atoms with van der Waals surface area (Å²) in [7, 11) is 1.59. The summed E-state index contributed by atoms with van der Waals surface area (Å²) in [5.74, 6) is 1.00. The van der Waals surface area contributed by atoms with Gasteiger partial charge in [0.15, 0.2) is 0 Å². The molecule has 1 aliphatic rings. The Morgan fingerprint density at radius 3 is 2.40 bits per heavy atom. The molecule has 6 heteroatoms. The van der Waals surface area contributed by atoms with Gasteiger partial charge in [-0.2, -0.15) is 0 Å². The lowest BCUT2D eigenvalue weighted by atomic mass is 9.94. The first-order chi connectivity index (χ1) is 14.6. The first-order valence-corrected chi connectivity index (χ1v) is 10.6. The highest BCUT2D eigenvalue weighted by Gasteiger charge is 2.25. The molecule has 0 aromatic heterocycles. The molecule has 2 aromatic carbocycles. The van der Waals surface area contributed by atoms with Crippen LogP contribution in [-0.4, -0.2) is 43.6 Å². The average Bonchev–Trinajstić information content (AvgIpc) is 2.79. The molecule has 2 N–H and O–H groups in total. The first kappa shape index (κ1) is 21.7. The topological polar surface area (TPSA) is 70.7 Å². The SMILES string of the molecule is CCC(C(=O)NCC1CCN(C(=O)Nc2ccccc2OC)CC1)c1ccccc1. The maximum absolute atomic E-state index is 12.7. The number of nitrogens with zero attached hydrogens (tertiary/aromatic N) is 1. The van der Waals surface area contributed by atoms with Gasteiger partial charge in [-0.3, -0.25) is 4.79 Å². The summed E-state index contributed by atoms with van der Waals surface area (Å²) in [4.78, 5) is 27.1. The Labute approximate surface area is 178 Å². The van der Waals surface area contributed by atoms with E-state index in [0.717, 1.165) is 24.8 Å². The maximum Gasteiger partial charge on any atom is 0.321 e. The van der Waals surface area contributed by atoms with Gasteiger partial charge in [-0.25, -0.2) is 4.79 Å². The largest absolute Gasteiger partial charge is 0.495 e. The predicted molar refractivity (Wildman–Crippen MR) is 119 cm³/mol. The number of anilines is 1. The number of likely N-dealkylation sites (tertiary alicyclic amines) is 1. The molecule has 3 rings (SSSR count). The molecule has 3 amide bonds. The van der Waals surface area contributed by atoms with Crippen molar-refractivity contribution in [2.24, 2.45) is 5.92 Å². The van der Waals surface area contributed by atoms with E-state index in [-0.39, 0.29) is 17.9 Å². The number of rotatable bonds is 7. The van der Waals surface area contributed by atoms with Crippen LogP contribution in [0.25, 0.3) is 0 Å². The van der Waals surface area contributed by atoms with Gasteiger partial charge in [0.25, 0.3) is 0 Å². The average molecular weight is 410 g/mol. The van der Waals surface area contributed by atoms with Gasteiger partial charge in [-0.15, -0.1) is 0 Å². The Kier molecular flexibility index (Phi) is 7.71. The summed E-state index contributed by atoms with van der Waals surface area (Å²) in [5, 5.41) is 6.06. The third-order valence-corrected chi connectivity index (χ3v) is 5.74. The van der Waals surface area contributed by atoms with Gasteiger partial charge in [0.2, 0.25) is 5.91 Å². The summed E-state index contributed by atoms with van der Waals surface area (Å²) in [6.45, 7) is 4.05. The molecule has 1 heterocycles. The molecule has 2 aromatic rings. The molecule has 1 saturated heterocycles. The minimum Gasteiger partial charge on any atom is -0.495 e. The summed E-state index contributed by atoms with van der Waals surface area (Å²) in [6.07, 6.45) is 2.53. The summed E-state index contributed by atoms with van der Waals surface area (Å²) >= 11 is 0. The molecule has 0 radical (unpaired) electrons. The highest BCUT2D eigenvalue weighted by atomic mass is 16.5. The number of urea groups is 1. The second kappa shape index (κ2) is 10.7. The number of nitrogens with one attached hydrogen (secondary N) is 2. The van der Waals surface area contributed by atoms with E-state index in [0.29, 0.717) is 37.0 Å². The van der Waals surface area contributed by atoms with Crippen molar-refractivity contribution in [2.45, 2.75) is 32.1 Å². The summed E-state index contributed by atoms with van der Waals surface area (Å²) in [5.41, 5.74) is 1.73. The van der Waals surface area contributed by atoms with Gasteiger partial charge < -0.3 is 20.3 Å². The zero-order valence-corrected chi connectivity index (χ0v) is 17.8. The molecular weight excluding hydrogens is 378 g/mol. The van der Waals surface area contributed by atoms with E-state index in [1.54, 1.807) is 7.11 Å².